The molecule has 3 aromatic carbocycles. The lowest BCUT2D eigenvalue weighted by Gasteiger charge is -2.17. The van der Waals surface area contributed by atoms with Gasteiger partial charge in [0.15, 0.2) is 6.10 Å². The summed E-state index contributed by atoms with van der Waals surface area (Å²) in [5.41, 5.74) is 2.90. The Balaban J connectivity index is 1.72. The van der Waals surface area contributed by atoms with Crippen LogP contribution in [-0.2, 0) is 4.79 Å². The average Bonchev–Trinajstić information content (AvgIpc) is 2.58. The number of nitrogens with one attached hydrogen (secondary N) is 1. The van der Waals surface area contributed by atoms with Crippen molar-refractivity contribution in [3.63, 3.8) is 0 Å². The molecule has 3 rings (SSSR count). The van der Waals surface area contributed by atoms with Crippen LogP contribution in [0.5, 0.6) is 5.75 Å². The molecule has 3 heteroatoms. The Morgan fingerprint density at radius 3 is 2.50 bits per heavy atom. The standard InChI is InChI=1S/C21H21NO2/c1-14-8-9-15(2)20(12-14)24-16(3)21(23)22-19-11-10-17-6-4-5-7-18(17)13-19/h4-13,16H,1-3H3,(H,22,23)/t16-/m1/s1. The van der Waals surface area contributed by atoms with Gasteiger partial charge < -0.3 is 10.1 Å². The second-order valence-corrected chi connectivity index (χ2v) is 6.08. The second kappa shape index (κ2) is 6.75. The van der Waals surface area contributed by atoms with Crippen LogP contribution in [0.2, 0.25) is 0 Å². The van der Waals surface area contributed by atoms with Crippen molar-refractivity contribution in [1.29, 1.82) is 0 Å². The van der Waals surface area contributed by atoms with E-state index in [1.807, 2.05) is 74.5 Å². The maximum absolute atomic E-state index is 12.4. The highest BCUT2D eigenvalue weighted by atomic mass is 16.5. The van der Waals surface area contributed by atoms with E-state index in [0.717, 1.165) is 33.3 Å². The number of amides is 1. The van der Waals surface area contributed by atoms with Crippen LogP contribution in [0.1, 0.15) is 18.1 Å². The highest BCUT2D eigenvalue weighted by Gasteiger charge is 2.16. The van der Waals surface area contributed by atoms with Crippen molar-refractivity contribution in [1.82, 2.24) is 0 Å². The van der Waals surface area contributed by atoms with Crippen LogP contribution in [0.15, 0.2) is 60.7 Å². The molecule has 0 fully saturated rings. The molecule has 1 atom stereocenters. The third-order valence-electron chi connectivity index (χ3n) is 4.03. The molecule has 3 nitrogen and oxygen atoms in total. The zero-order valence-electron chi connectivity index (χ0n) is 14.2. The highest BCUT2D eigenvalue weighted by molar-refractivity contribution is 5.96. The predicted octanol–water partition coefficient (Wildman–Crippen LogP) is 4.86. The lowest BCUT2D eigenvalue weighted by molar-refractivity contribution is -0.122. The monoisotopic (exact) mass is 319 g/mol. The molecule has 0 spiro atoms. The molecule has 0 aromatic heterocycles. The van der Waals surface area contributed by atoms with E-state index in [-0.39, 0.29) is 5.91 Å². The van der Waals surface area contributed by atoms with Gasteiger partial charge in [-0.25, -0.2) is 0 Å². The number of benzene rings is 3. The SMILES string of the molecule is Cc1ccc(C)c(O[C@H](C)C(=O)Nc2ccc3ccccc3c2)c1. The summed E-state index contributed by atoms with van der Waals surface area (Å²) in [5.74, 6) is 0.586. The molecule has 0 heterocycles. The van der Waals surface area contributed by atoms with E-state index in [0.29, 0.717) is 0 Å². The Morgan fingerprint density at radius 2 is 1.71 bits per heavy atom. The van der Waals surface area contributed by atoms with Crippen molar-refractivity contribution in [2.24, 2.45) is 0 Å². The van der Waals surface area contributed by atoms with Crippen LogP contribution in [0.4, 0.5) is 5.69 Å². The first kappa shape index (κ1) is 16.1. The fraction of sp³-hybridized carbons (Fsp3) is 0.190. The minimum absolute atomic E-state index is 0.161. The van der Waals surface area contributed by atoms with E-state index in [2.05, 4.69) is 5.32 Å². The van der Waals surface area contributed by atoms with Crippen LogP contribution in [0.3, 0.4) is 0 Å². The van der Waals surface area contributed by atoms with Crippen LogP contribution in [0.25, 0.3) is 10.8 Å². The normalized spacial score (nSPS) is 12.0. The average molecular weight is 319 g/mol. The molecule has 0 radical (unpaired) electrons. The fourth-order valence-electron chi connectivity index (χ4n) is 2.59. The number of hydrogen-bond donors (Lipinski definition) is 1. The van der Waals surface area contributed by atoms with Gasteiger partial charge in [-0.1, -0.05) is 42.5 Å². The highest BCUT2D eigenvalue weighted by Crippen LogP contribution is 2.22. The minimum Gasteiger partial charge on any atom is -0.481 e. The van der Waals surface area contributed by atoms with Crippen LogP contribution in [-0.4, -0.2) is 12.0 Å². The molecule has 122 valence electrons. The summed E-state index contributed by atoms with van der Waals surface area (Å²) in [6, 6.07) is 19.9. The first-order chi connectivity index (χ1) is 11.5. The number of fused-ring (bicyclic) bond motifs is 1. The van der Waals surface area contributed by atoms with Crippen molar-refractivity contribution < 1.29 is 9.53 Å². The van der Waals surface area contributed by atoms with Gasteiger partial charge in [0.2, 0.25) is 0 Å². The van der Waals surface area contributed by atoms with Gasteiger partial charge in [0, 0.05) is 5.69 Å². The maximum atomic E-state index is 12.4. The number of rotatable bonds is 4. The predicted molar refractivity (Wildman–Crippen MR) is 98.6 cm³/mol. The largest absolute Gasteiger partial charge is 0.481 e. The lowest BCUT2D eigenvalue weighted by Crippen LogP contribution is -2.30. The van der Waals surface area contributed by atoms with E-state index in [1.165, 1.54) is 0 Å². The summed E-state index contributed by atoms with van der Waals surface area (Å²) < 4.78 is 5.84. The van der Waals surface area contributed by atoms with Crippen molar-refractivity contribution in [3.05, 3.63) is 71.8 Å². The Morgan fingerprint density at radius 1 is 0.958 bits per heavy atom. The van der Waals surface area contributed by atoms with E-state index < -0.39 is 6.10 Å². The van der Waals surface area contributed by atoms with Gasteiger partial charge in [0.1, 0.15) is 5.75 Å². The van der Waals surface area contributed by atoms with E-state index >= 15 is 0 Å². The Labute approximate surface area is 142 Å². The van der Waals surface area contributed by atoms with Crippen LogP contribution >= 0.6 is 0 Å². The third kappa shape index (κ3) is 3.57. The lowest BCUT2D eigenvalue weighted by atomic mass is 10.1. The summed E-state index contributed by atoms with van der Waals surface area (Å²) >= 11 is 0. The van der Waals surface area contributed by atoms with Crippen molar-refractivity contribution >= 4 is 22.4 Å². The topological polar surface area (TPSA) is 38.3 Å². The second-order valence-electron chi connectivity index (χ2n) is 6.08. The molecule has 0 saturated carbocycles. The van der Waals surface area contributed by atoms with Gasteiger partial charge in [-0.05, 0) is 60.9 Å². The molecule has 0 saturated heterocycles. The molecule has 0 aliphatic heterocycles. The molecule has 0 aliphatic carbocycles. The van der Waals surface area contributed by atoms with Gasteiger partial charge in [-0.15, -0.1) is 0 Å². The first-order valence-electron chi connectivity index (χ1n) is 8.06. The van der Waals surface area contributed by atoms with Gasteiger partial charge in [-0.2, -0.15) is 0 Å². The van der Waals surface area contributed by atoms with E-state index in [9.17, 15) is 4.79 Å². The van der Waals surface area contributed by atoms with Crippen molar-refractivity contribution in [2.75, 3.05) is 5.32 Å². The molecule has 1 N–H and O–H groups in total. The number of ether oxygens (including phenoxy) is 1. The molecular formula is C21H21NO2. The Kier molecular flexibility index (Phi) is 4.52. The molecule has 0 bridgehead atoms. The summed E-state index contributed by atoms with van der Waals surface area (Å²) in [4.78, 5) is 12.4. The molecule has 3 aromatic rings. The number of anilines is 1. The zero-order chi connectivity index (χ0) is 17.1. The number of hydrogen-bond acceptors (Lipinski definition) is 2. The van der Waals surface area contributed by atoms with Gasteiger partial charge in [0.25, 0.3) is 5.91 Å². The molecule has 24 heavy (non-hydrogen) atoms. The van der Waals surface area contributed by atoms with Crippen molar-refractivity contribution in [3.8, 4) is 5.75 Å². The number of carbonyl (C=O) groups is 1. The first-order valence-corrected chi connectivity index (χ1v) is 8.06. The summed E-state index contributed by atoms with van der Waals surface area (Å²) in [6.07, 6.45) is -0.572. The van der Waals surface area contributed by atoms with Gasteiger partial charge in [-0.3, -0.25) is 4.79 Å². The molecular weight excluding hydrogens is 298 g/mol. The molecule has 0 aliphatic rings. The summed E-state index contributed by atoms with van der Waals surface area (Å²) in [7, 11) is 0. The summed E-state index contributed by atoms with van der Waals surface area (Å²) in [5, 5.41) is 5.17. The Bertz CT molecular complexity index is 886. The van der Waals surface area contributed by atoms with Gasteiger partial charge >= 0.3 is 0 Å². The number of carbonyl (C=O) groups excluding carboxylic acids is 1. The quantitative estimate of drug-likeness (QED) is 0.745. The zero-order valence-corrected chi connectivity index (χ0v) is 14.2. The minimum atomic E-state index is -0.572. The third-order valence-corrected chi connectivity index (χ3v) is 4.03. The smallest absolute Gasteiger partial charge is 0.265 e. The van der Waals surface area contributed by atoms with Crippen LogP contribution in [0, 0.1) is 13.8 Å². The maximum Gasteiger partial charge on any atom is 0.265 e. The number of aryl methyl sites for hydroxylation is 2. The van der Waals surface area contributed by atoms with E-state index in [1.54, 1.807) is 6.92 Å². The van der Waals surface area contributed by atoms with Crippen molar-refractivity contribution in [2.45, 2.75) is 26.9 Å². The van der Waals surface area contributed by atoms with Gasteiger partial charge in [0.05, 0.1) is 0 Å². The van der Waals surface area contributed by atoms with E-state index in [4.69, 9.17) is 4.74 Å². The molecule has 1 amide bonds. The molecule has 0 unspecified atom stereocenters. The fourth-order valence-corrected chi connectivity index (χ4v) is 2.59. The Hall–Kier alpha value is -2.81. The van der Waals surface area contributed by atoms with Crippen LogP contribution < -0.4 is 10.1 Å². The summed E-state index contributed by atoms with van der Waals surface area (Å²) in [6.45, 7) is 5.74.